The molecule has 3 aromatic rings. The number of fused-ring (bicyclic) bond motifs is 1. The molecule has 0 amide bonds. The minimum absolute atomic E-state index is 0.00648. The Morgan fingerprint density at radius 1 is 1.25 bits per heavy atom. The molecule has 0 aliphatic carbocycles. The number of rotatable bonds is 3. The maximum atomic E-state index is 13.3. The van der Waals surface area contributed by atoms with E-state index in [9.17, 15) is 9.50 Å². The fraction of sp³-hybridized carbons (Fsp3) is 0.333. The quantitative estimate of drug-likeness (QED) is 0.788. The predicted octanol–water partition coefficient (Wildman–Crippen LogP) is 3.71. The number of thiazole rings is 1. The average molecular weight is 343 g/mol. The van der Waals surface area contributed by atoms with Crippen LogP contribution >= 0.6 is 11.3 Å². The van der Waals surface area contributed by atoms with E-state index in [1.54, 1.807) is 23.7 Å². The zero-order valence-corrected chi connectivity index (χ0v) is 14.0. The first kappa shape index (κ1) is 15.5. The van der Waals surface area contributed by atoms with Crippen molar-refractivity contribution < 1.29 is 9.50 Å². The second kappa shape index (κ2) is 6.45. The van der Waals surface area contributed by atoms with Crippen LogP contribution in [-0.2, 0) is 6.61 Å². The Morgan fingerprint density at radius 3 is 2.88 bits per heavy atom. The first-order valence-electron chi connectivity index (χ1n) is 8.09. The summed E-state index contributed by atoms with van der Waals surface area (Å²) >= 11 is 1.67. The minimum Gasteiger partial charge on any atom is -0.392 e. The van der Waals surface area contributed by atoms with E-state index in [-0.39, 0.29) is 12.4 Å². The first-order valence-corrected chi connectivity index (χ1v) is 8.91. The van der Waals surface area contributed by atoms with Crippen molar-refractivity contribution in [3.05, 3.63) is 53.0 Å². The molecule has 1 aliphatic rings. The molecule has 1 aromatic carbocycles. The summed E-state index contributed by atoms with van der Waals surface area (Å²) in [5, 5.41) is 10.6. The Kier molecular flexibility index (Phi) is 4.16. The zero-order chi connectivity index (χ0) is 16.5. The number of aliphatic hydroxyl groups excluding tert-OH is 1. The molecule has 3 heterocycles. The van der Waals surface area contributed by atoms with Crippen LogP contribution < -0.4 is 4.90 Å². The van der Waals surface area contributed by atoms with Crippen LogP contribution in [0.25, 0.3) is 10.2 Å². The zero-order valence-electron chi connectivity index (χ0n) is 13.2. The lowest BCUT2D eigenvalue weighted by Gasteiger charge is -2.33. The van der Waals surface area contributed by atoms with Crippen LogP contribution in [0.1, 0.15) is 29.3 Å². The highest BCUT2D eigenvalue weighted by Crippen LogP contribution is 2.35. The third kappa shape index (κ3) is 2.87. The number of benzene rings is 1. The number of anilines is 1. The molecule has 4 rings (SSSR count). The number of pyridine rings is 1. The number of hydrogen-bond acceptors (Lipinski definition) is 5. The maximum Gasteiger partial charge on any atom is 0.125 e. The molecule has 1 N–H and O–H groups in total. The van der Waals surface area contributed by atoms with E-state index in [1.807, 2.05) is 12.1 Å². The van der Waals surface area contributed by atoms with Crippen LogP contribution in [0, 0.1) is 5.82 Å². The Morgan fingerprint density at radius 2 is 2.08 bits per heavy atom. The summed E-state index contributed by atoms with van der Waals surface area (Å²) < 4.78 is 14.4. The second-order valence-electron chi connectivity index (χ2n) is 6.09. The molecule has 2 aromatic heterocycles. The van der Waals surface area contributed by atoms with Gasteiger partial charge in [0.25, 0.3) is 0 Å². The minimum atomic E-state index is -0.233. The Hall–Kier alpha value is -2.05. The molecule has 0 bridgehead atoms. The maximum absolute atomic E-state index is 13.3. The molecular formula is C18H18FN3OS. The molecule has 4 nitrogen and oxygen atoms in total. The van der Waals surface area contributed by atoms with Gasteiger partial charge in [0.05, 0.1) is 21.8 Å². The number of hydrogen-bond donors (Lipinski definition) is 1. The molecule has 0 spiro atoms. The predicted molar refractivity (Wildman–Crippen MR) is 93.9 cm³/mol. The average Bonchev–Trinajstić information content (AvgIpc) is 3.05. The molecule has 1 saturated heterocycles. The van der Waals surface area contributed by atoms with Gasteiger partial charge in [-0.2, -0.15) is 0 Å². The van der Waals surface area contributed by atoms with Gasteiger partial charge in [0.2, 0.25) is 0 Å². The van der Waals surface area contributed by atoms with Crippen molar-refractivity contribution in [2.75, 3.05) is 18.0 Å². The molecule has 24 heavy (non-hydrogen) atoms. The van der Waals surface area contributed by atoms with Crippen molar-refractivity contribution in [1.82, 2.24) is 9.97 Å². The molecule has 1 fully saturated rings. The summed E-state index contributed by atoms with van der Waals surface area (Å²) in [7, 11) is 0. The number of aromatic nitrogens is 2. The highest BCUT2D eigenvalue weighted by molar-refractivity contribution is 7.18. The van der Waals surface area contributed by atoms with E-state index in [0.29, 0.717) is 5.92 Å². The van der Waals surface area contributed by atoms with Crippen molar-refractivity contribution in [2.45, 2.75) is 25.4 Å². The van der Waals surface area contributed by atoms with Gasteiger partial charge in [-0.05, 0) is 31.0 Å². The first-order chi connectivity index (χ1) is 11.7. The van der Waals surface area contributed by atoms with Crippen molar-refractivity contribution in [3.8, 4) is 0 Å². The summed E-state index contributed by atoms with van der Waals surface area (Å²) in [6.07, 6.45) is 5.51. The van der Waals surface area contributed by atoms with Gasteiger partial charge in [-0.3, -0.25) is 4.98 Å². The molecule has 124 valence electrons. The number of nitrogens with zero attached hydrogens (tertiary/aromatic N) is 3. The summed E-state index contributed by atoms with van der Waals surface area (Å²) in [5.74, 6) is 0.185. The second-order valence-corrected chi connectivity index (χ2v) is 7.15. The van der Waals surface area contributed by atoms with E-state index < -0.39 is 0 Å². The van der Waals surface area contributed by atoms with Crippen molar-refractivity contribution in [1.29, 1.82) is 0 Å². The Labute approximate surface area is 143 Å². The third-order valence-corrected chi connectivity index (χ3v) is 5.80. The van der Waals surface area contributed by atoms with Crippen molar-refractivity contribution in [2.24, 2.45) is 0 Å². The lowest BCUT2D eigenvalue weighted by molar-refractivity contribution is 0.281. The molecule has 0 atom stereocenters. The Bertz CT molecular complexity index is 858. The monoisotopic (exact) mass is 343 g/mol. The van der Waals surface area contributed by atoms with Crippen LogP contribution in [0.5, 0.6) is 0 Å². The topological polar surface area (TPSA) is 49.3 Å². The molecule has 0 saturated carbocycles. The SMILES string of the molecule is OCc1cnccc1N1CCC(c2nc3cc(F)ccc3s2)CC1. The Balaban J connectivity index is 1.51. The lowest BCUT2D eigenvalue weighted by atomic mass is 9.97. The van der Waals surface area contributed by atoms with Gasteiger partial charge in [-0.25, -0.2) is 9.37 Å². The van der Waals surface area contributed by atoms with Crippen LogP contribution in [0.15, 0.2) is 36.7 Å². The van der Waals surface area contributed by atoms with E-state index >= 15 is 0 Å². The van der Waals surface area contributed by atoms with E-state index in [4.69, 9.17) is 0 Å². The fourth-order valence-corrected chi connectivity index (χ4v) is 4.43. The highest BCUT2D eigenvalue weighted by Gasteiger charge is 2.24. The van der Waals surface area contributed by atoms with Crippen molar-refractivity contribution in [3.63, 3.8) is 0 Å². The molecule has 0 unspecified atom stereocenters. The summed E-state index contributed by atoms with van der Waals surface area (Å²) in [4.78, 5) is 11.0. The van der Waals surface area contributed by atoms with Gasteiger partial charge in [-0.1, -0.05) is 0 Å². The number of halogens is 1. The van der Waals surface area contributed by atoms with Gasteiger partial charge >= 0.3 is 0 Å². The molecule has 1 aliphatic heterocycles. The van der Waals surface area contributed by atoms with Gasteiger partial charge in [0, 0.05) is 48.7 Å². The van der Waals surface area contributed by atoms with Crippen molar-refractivity contribution >= 4 is 27.2 Å². The summed E-state index contributed by atoms with van der Waals surface area (Å²) in [5.41, 5.74) is 2.69. The van der Waals surface area contributed by atoms with Gasteiger partial charge in [0.1, 0.15) is 5.82 Å². The lowest BCUT2D eigenvalue weighted by Crippen LogP contribution is -2.33. The standard InChI is InChI=1S/C18H18FN3OS/c19-14-1-2-17-15(9-14)21-18(24-17)12-4-7-22(8-5-12)16-3-6-20-10-13(16)11-23/h1-3,6,9-10,12,23H,4-5,7-8,11H2. The van der Waals surface area contributed by atoms with Crippen LogP contribution in [-0.4, -0.2) is 28.2 Å². The smallest absolute Gasteiger partial charge is 0.125 e. The third-order valence-electron chi connectivity index (χ3n) is 4.60. The van der Waals surface area contributed by atoms with Crippen LogP contribution in [0.3, 0.4) is 0 Å². The fourth-order valence-electron chi connectivity index (χ4n) is 3.31. The van der Waals surface area contributed by atoms with E-state index in [1.165, 1.54) is 12.1 Å². The molecule has 0 radical (unpaired) electrons. The van der Waals surface area contributed by atoms with Gasteiger partial charge in [-0.15, -0.1) is 11.3 Å². The van der Waals surface area contributed by atoms with Crippen LogP contribution in [0.4, 0.5) is 10.1 Å². The van der Waals surface area contributed by atoms with Crippen LogP contribution in [0.2, 0.25) is 0 Å². The summed E-state index contributed by atoms with van der Waals surface area (Å²) in [6.45, 7) is 1.85. The summed E-state index contributed by atoms with van der Waals surface area (Å²) in [6, 6.07) is 6.78. The number of piperidine rings is 1. The molecular weight excluding hydrogens is 325 g/mol. The molecule has 6 heteroatoms. The van der Waals surface area contributed by atoms with Gasteiger partial charge in [0.15, 0.2) is 0 Å². The number of aliphatic hydroxyl groups is 1. The normalized spacial score (nSPS) is 16.0. The van der Waals surface area contributed by atoms with E-state index in [0.717, 1.165) is 52.4 Å². The largest absolute Gasteiger partial charge is 0.392 e. The highest BCUT2D eigenvalue weighted by atomic mass is 32.1. The van der Waals surface area contributed by atoms with E-state index in [2.05, 4.69) is 14.9 Å². The van der Waals surface area contributed by atoms with Gasteiger partial charge < -0.3 is 10.0 Å².